The third-order valence-electron chi connectivity index (χ3n) is 2.34. The standard InChI is InChI=1S/C13H16ClNO4/c1-2-7-19-8-11(16)15-12(13(17)18)9-3-5-10(14)6-4-9/h3-6,12H,2,7-8H2,1H3,(H,15,16)(H,17,18). The summed E-state index contributed by atoms with van der Waals surface area (Å²) >= 11 is 5.73. The summed E-state index contributed by atoms with van der Waals surface area (Å²) < 4.78 is 5.05. The monoisotopic (exact) mass is 285 g/mol. The summed E-state index contributed by atoms with van der Waals surface area (Å²) in [4.78, 5) is 22.7. The summed E-state index contributed by atoms with van der Waals surface area (Å²) in [5.74, 6) is -1.60. The van der Waals surface area contributed by atoms with Crippen molar-refractivity contribution in [1.29, 1.82) is 0 Å². The Kier molecular flexibility index (Phi) is 6.32. The number of ether oxygens (including phenoxy) is 1. The number of rotatable bonds is 7. The van der Waals surface area contributed by atoms with Gasteiger partial charge in [0.15, 0.2) is 6.04 Å². The SMILES string of the molecule is CCCOCC(=O)NC(C(=O)O)c1ccc(Cl)cc1. The first-order valence-electron chi connectivity index (χ1n) is 5.90. The van der Waals surface area contributed by atoms with Crippen LogP contribution in [0.4, 0.5) is 0 Å². The molecule has 1 unspecified atom stereocenters. The van der Waals surface area contributed by atoms with Gasteiger partial charge in [-0.15, -0.1) is 0 Å². The van der Waals surface area contributed by atoms with Crippen LogP contribution in [-0.2, 0) is 14.3 Å². The first kappa shape index (κ1) is 15.5. The van der Waals surface area contributed by atoms with Gasteiger partial charge in [0.05, 0.1) is 0 Å². The van der Waals surface area contributed by atoms with Gasteiger partial charge in [0.1, 0.15) is 6.61 Å². The molecule has 2 N–H and O–H groups in total. The van der Waals surface area contributed by atoms with Crippen molar-refractivity contribution in [3.63, 3.8) is 0 Å². The highest BCUT2D eigenvalue weighted by atomic mass is 35.5. The number of benzene rings is 1. The summed E-state index contributed by atoms with van der Waals surface area (Å²) in [7, 11) is 0. The van der Waals surface area contributed by atoms with Crippen molar-refractivity contribution in [2.45, 2.75) is 19.4 Å². The van der Waals surface area contributed by atoms with Gasteiger partial charge in [-0.05, 0) is 24.1 Å². The minimum Gasteiger partial charge on any atom is -0.479 e. The van der Waals surface area contributed by atoms with E-state index in [2.05, 4.69) is 5.32 Å². The Morgan fingerprint density at radius 1 is 1.37 bits per heavy atom. The van der Waals surface area contributed by atoms with Crippen LogP contribution in [0.5, 0.6) is 0 Å². The van der Waals surface area contributed by atoms with Crippen molar-refractivity contribution in [3.8, 4) is 0 Å². The molecule has 1 atom stereocenters. The van der Waals surface area contributed by atoms with Gasteiger partial charge < -0.3 is 15.2 Å². The Bertz CT molecular complexity index is 433. The lowest BCUT2D eigenvalue weighted by molar-refractivity contribution is -0.142. The molecule has 0 saturated heterocycles. The molecule has 1 aromatic rings. The Morgan fingerprint density at radius 2 is 2.00 bits per heavy atom. The number of carbonyl (C=O) groups is 2. The second kappa shape index (κ2) is 7.76. The number of nitrogens with one attached hydrogen (secondary N) is 1. The highest BCUT2D eigenvalue weighted by Gasteiger charge is 2.21. The molecule has 0 saturated carbocycles. The Balaban J connectivity index is 2.65. The van der Waals surface area contributed by atoms with E-state index in [1.807, 2.05) is 6.92 Å². The Hall–Kier alpha value is -1.59. The minimum atomic E-state index is -1.13. The minimum absolute atomic E-state index is 0.148. The van der Waals surface area contributed by atoms with Crippen LogP contribution in [0.3, 0.4) is 0 Å². The van der Waals surface area contributed by atoms with Crippen LogP contribution in [0.15, 0.2) is 24.3 Å². The predicted octanol–water partition coefficient (Wildman–Crippen LogP) is 2.01. The van der Waals surface area contributed by atoms with Crippen LogP contribution in [0, 0.1) is 0 Å². The molecule has 0 aromatic heterocycles. The molecule has 1 rings (SSSR count). The lowest BCUT2D eigenvalue weighted by Gasteiger charge is -2.15. The molecule has 104 valence electrons. The molecule has 0 radical (unpaired) electrons. The van der Waals surface area contributed by atoms with Crippen molar-refractivity contribution in [1.82, 2.24) is 5.32 Å². The third kappa shape index (κ3) is 5.28. The van der Waals surface area contributed by atoms with Crippen molar-refractivity contribution in [2.75, 3.05) is 13.2 Å². The Morgan fingerprint density at radius 3 is 2.53 bits per heavy atom. The second-order valence-corrected chi connectivity index (χ2v) is 4.38. The van der Waals surface area contributed by atoms with Crippen LogP contribution in [0.1, 0.15) is 24.9 Å². The number of halogens is 1. The maximum atomic E-state index is 11.5. The summed E-state index contributed by atoms with van der Waals surface area (Å²) in [6, 6.07) is 5.18. The lowest BCUT2D eigenvalue weighted by atomic mass is 10.1. The van der Waals surface area contributed by atoms with Crippen molar-refractivity contribution in [3.05, 3.63) is 34.9 Å². The van der Waals surface area contributed by atoms with Crippen LogP contribution in [-0.4, -0.2) is 30.2 Å². The highest BCUT2D eigenvalue weighted by Crippen LogP contribution is 2.16. The molecule has 0 aliphatic rings. The lowest BCUT2D eigenvalue weighted by Crippen LogP contribution is -2.36. The molecule has 0 aliphatic carbocycles. The van der Waals surface area contributed by atoms with Crippen molar-refractivity contribution < 1.29 is 19.4 Å². The fourth-order valence-corrected chi connectivity index (χ4v) is 1.58. The van der Waals surface area contributed by atoms with Gasteiger partial charge >= 0.3 is 5.97 Å². The molecule has 1 amide bonds. The van der Waals surface area contributed by atoms with Crippen LogP contribution in [0.2, 0.25) is 5.02 Å². The topological polar surface area (TPSA) is 75.6 Å². The van der Waals surface area contributed by atoms with E-state index in [4.69, 9.17) is 21.4 Å². The number of carbonyl (C=O) groups excluding carboxylic acids is 1. The van der Waals surface area contributed by atoms with E-state index >= 15 is 0 Å². The maximum absolute atomic E-state index is 11.5. The van der Waals surface area contributed by atoms with Crippen molar-refractivity contribution in [2.24, 2.45) is 0 Å². The third-order valence-corrected chi connectivity index (χ3v) is 2.59. The van der Waals surface area contributed by atoms with Gasteiger partial charge in [-0.3, -0.25) is 4.79 Å². The summed E-state index contributed by atoms with van der Waals surface area (Å²) in [5.41, 5.74) is 0.459. The van der Waals surface area contributed by atoms with Gasteiger partial charge in [0.25, 0.3) is 0 Å². The molecule has 5 nitrogen and oxygen atoms in total. The summed E-state index contributed by atoms with van der Waals surface area (Å²) in [5, 5.41) is 12.0. The van der Waals surface area contributed by atoms with Crippen molar-refractivity contribution >= 4 is 23.5 Å². The molecular weight excluding hydrogens is 270 g/mol. The molecule has 1 aromatic carbocycles. The largest absolute Gasteiger partial charge is 0.479 e. The maximum Gasteiger partial charge on any atom is 0.330 e. The predicted molar refractivity (Wildman–Crippen MR) is 71.1 cm³/mol. The highest BCUT2D eigenvalue weighted by molar-refractivity contribution is 6.30. The van der Waals surface area contributed by atoms with Gasteiger partial charge in [0.2, 0.25) is 5.91 Å². The second-order valence-electron chi connectivity index (χ2n) is 3.94. The van der Waals surface area contributed by atoms with E-state index in [0.717, 1.165) is 6.42 Å². The van der Waals surface area contributed by atoms with E-state index < -0.39 is 17.9 Å². The van der Waals surface area contributed by atoms with Gasteiger partial charge in [-0.25, -0.2) is 4.79 Å². The number of carboxylic acid groups (broad SMARTS) is 1. The van der Waals surface area contributed by atoms with Gasteiger partial charge in [-0.2, -0.15) is 0 Å². The molecule has 0 spiro atoms. The number of aliphatic carboxylic acids is 1. The molecule has 0 heterocycles. The number of hydrogen-bond acceptors (Lipinski definition) is 3. The zero-order chi connectivity index (χ0) is 14.3. The Labute approximate surface area is 116 Å². The molecule has 0 aliphatic heterocycles. The number of carboxylic acids is 1. The summed E-state index contributed by atoms with van der Waals surface area (Å²) in [6.45, 7) is 2.24. The van der Waals surface area contributed by atoms with E-state index in [1.54, 1.807) is 24.3 Å². The van der Waals surface area contributed by atoms with Gasteiger partial charge in [0, 0.05) is 11.6 Å². The van der Waals surface area contributed by atoms with E-state index in [0.29, 0.717) is 17.2 Å². The number of amides is 1. The van der Waals surface area contributed by atoms with Crippen LogP contribution >= 0.6 is 11.6 Å². The van der Waals surface area contributed by atoms with E-state index in [9.17, 15) is 9.59 Å². The van der Waals surface area contributed by atoms with Crippen LogP contribution < -0.4 is 5.32 Å². The first-order chi connectivity index (χ1) is 9.04. The fourth-order valence-electron chi connectivity index (χ4n) is 1.45. The summed E-state index contributed by atoms with van der Waals surface area (Å²) in [6.07, 6.45) is 0.798. The average molecular weight is 286 g/mol. The van der Waals surface area contributed by atoms with E-state index in [1.165, 1.54) is 0 Å². The normalized spacial score (nSPS) is 11.9. The fraction of sp³-hybridized carbons (Fsp3) is 0.385. The van der Waals surface area contributed by atoms with Gasteiger partial charge in [-0.1, -0.05) is 30.7 Å². The molecule has 0 fully saturated rings. The smallest absolute Gasteiger partial charge is 0.330 e. The first-order valence-corrected chi connectivity index (χ1v) is 6.27. The molecule has 6 heteroatoms. The number of hydrogen-bond donors (Lipinski definition) is 2. The zero-order valence-corrected chi connectivity index (χ0v) is 11.3. The van der Waals surface area contributed by atoms with E-state index in [-0.39, 0.29) is 6.61 Å². The molecule has 19 heavy (non-hydrogen) atoms. The average Bonchev–Trinajstić information content (AvgIpc) is 2.37. The zero-order valence-electron chi connectivity index (χ0n) is 10.6. The molecular formula is C13H16ClNO4. The molecule has 0 bridgehead atoms. The van der Waals surface area contributed by atoms with Crippen LogP contribution in [0.25, 0.3) is 0 Å². The quantitative estimate of drug-likeness (QED) is 0.752.